The second-order valence-electron chi connectivity index (χ2n) is 4.16. The number of benzene rings is 1. The summed E-state index contributed by atoms with van der Waals surface area (Å²) in [6.07, 6.45) is 0.742. The first-order valence-corrected chi connectivity index (χ1v) is 6.86. The van der Waals surface area contributed by atoms with Gasteiger partial charge in [0.25, 0.3) is 0 Å². The highest BCUT2D eigenvalue weighted by molar-refractivity contribution is 9.10. The lowest BCUT2D eigenvalue weighted by molar-refractivity contribution is 0.112. The highest BCUT2D eigenvalue weighted by Gasteiger charge is 2.13. The number of ether oxygens (including phenoxy) is 3. The molecule has 21 heavy (non-hydrogen) atoms. The van der Waals surface area contributed by atoms with E-state index in [1.54, 1.807) is 25.3 Å². The third-order valence-electron chi connectivity index (χ3n) is 2.65. The van der Waals surface area contributed by atoms with Crippen LogP contribution in [0.25, 0.3) is 0 Å². The van der Waals surface area contributed by atoms with Crippen LogP contribution in [0.4, 0.5) is 0 Å². The van der Waals surface area contributed by atoms with Crippen molar-refractivity contribution in [2.45, 2.75) is 13.2 Å². The Labute approximate surface area is 130 Å². The lowest BCUT2D eigenvalue weighted by Crippen LogP contribution is -1.99. The molecule has 0 aliphatic rings. The minimum absolute atomic E-state index is 0.211. The summed E-state index contributed by atoms with van der Waals surface area (Å²) < 4.78 is 21.6. The average molecular weight is 356 g/mol. The van der Waals surface area contributed by atoms with Crippen LogP contribution in [0, 0.1) is 0 Å². The summed E-state index contributed by atoms with van der Waals surface area (Å²) in [4.78, 5) is 10.8. The first-order valence-electron chi connectivity index (χ1n) is 6.06. The molecule has 6 nitrogen and oxygen atoms in total. The molecule has 2 aromatic rings. The van der Waals surface area contributed by atoms with Crippen LogP contribution in [0.3, 0.4) is 0 Å². The molecule has 0 aliphatic heterocycles. The molecule has 0 bridgehead atoms. The Hall–Kier alpha value is -1.86. The Balaban J connectivity index is 2.13. The van der Waals surface area contributed by atoms with Gasteiger partial charge in [-0.3, -0.25) is 4.79 Å². The maximum atomic E-state index is 10.8. The lowest BCUT2D eigenvalue weighted by Gasteiger charge is -2.12. The molecule has 0 fully saturated rings. The molecule has 1 aromatic heterocycles. The molecular formula is C14H14BrNO5. The van der Waals surface area contributed by atoms with Gasteiger partial charge in [-0.25, -0.2) is 0 Å². The van der Waals surface area contributed by atoms with Gasteiger partial charge in [-0.2, -0.15) is 0 Å². The van der Waals surface area contributed by atoms with E-state index in [-0.39, 0.29) is 6.61 Å². The zero-order valence-corrected chi connectivity index (χ0v) is 13.2. The minimum Gasteiger partial charge on any atom is -0.493 e. The number of methoxy groups -OCH3 is 2. The fourth-order valence-corrected chi connectivity index (χ4v) is 2.30. The molecule has 0 atom stereocenters. The number of halogens is 1. The zero-order valence-electron chi connectivity index (χ0n) is 11.6. The van der Waals surface area contributed by atoms with Crippen LogP contribution >= 0.6 is 15.9 Å². The van der Waals surface area contributed by atoms with Crippen LogP contribution in [0.5, 0.6) is 11.5 Å². The van der Waals surface area contributed by atoms with Gasteiger partial charge in [-0.1, -0.05) is 5.16 Å². The number of aldehydes is 1. The Kier molecular flexibility index (Phi) is 5.35. The first kappa shape index (κ1) is 15.5. The molecule has 1 heterocycles. The van der Waals surface area contributed by atoms with E-state index in [1.807, 2.05) is 0 Å². The van der Waals surface area contributed by atoms with Crippen LogP contribution in [0.2, 0.25) is 0 Å². The van der Waals surface area contributed by atoms with E-state index in [1.165, 1.54) is 7.11 Å². The number of rotatable bonds is 7. The molecule has 0 spiro atoms. The molecule has 0 amide bonds. The van der Waals surface area contributed by atoms with Crippen molar-refractivity contribution in [3.63, 3.8) is 0 Å². The molecule has 0 saturated carbocycles. The van der Waals surface area contributed by atoms with Crippen molar-refractivity contribution in [1.29, 1.82) is 0 Å². The van der Waals surface area contributed by atoms with E-state index in [2.05, 4.69) is 21.1 Å². The molecular weight excluding hydrogens is 342 g/mol. The lowest BCUT2D eigenvalue weighted by atomic mass is 10.2. The fourth-order valence-electron chi connectivity index (χ4n) is 1.73. The van der Waals surface area contributed by atoms with E-state index in [9.17, 15) is 4.79 Å². The van der Waals surface area contributed by atoms with Crippen LogP contribution in [-0.4, -0.2) is 25.7 Å². The van der Waals surface area contributed by atoms with Gasteiger partial charge in [0, 0.05) is 18.7 Å². The van der Waals surface area contributed by atoms with Crippen molar-refractivity contribution in [3.8, 4) is 11.5 Å². The van der Waals surface area contributed by atoms with Gasteiger partial charge in [-0.05, 0) is 28.1 Å². The smallest absolute Gasteiger partial charge is 0.175 e. The zero-order chi connectivity index (χ0) is 15.2. The summed E-state index contributed by atoms with van der Waals surface area (Å²) in [6.45, 7) is 0.566. The minimum atomic E-state index is 0.211. The van der Waals surface area contributed by atoms with E-state index in [0.29, 0.717) is 39.6 Å². The summed E-state index contributed by atoms with van der Waals surface area (Å²) in [5.41, 5.74) is 1.13. The monoisotopic (exact) mass is 355 g/mol. The van der Waals surface area contributed by atoms with Crippen LogP contribution in [0.15, 0.2) is 27.2 Å². The predicted octanol–water partition coefficient (Wildman–Crippen LogP) is 2.98. The molecule has 1 aromatic carbocycles. The van der Waals surface area contributed by atoms with E-state index >= 15 is 0 Å². The number of hydrogen-bond donors (Lipinski definition) is 0. The number of carbonyl (C=O) groups excluding carboxylic acids is 1. The number of carbonyl (C=O) groups is 1. The maximum Gasteiger partial charge on any atom is 0.175 e. The summed E-state index contributed by atoms with van der Waals surface area (Å²) in [5.74, 6) is 1.59. The van der Waals surface area contributed by atoms with Gasteiger partial charge in [0.1, 0.15) is 25.2 Å². The Morgan fingerprint density at radius 3 is 2.76 bits per heavy atom. The topological polar surface area (TPSA) is 70.8 Å². The van der Waals surface area contributed by atoms with Gasteiger partial charge in [-0.15, -0.1) is 0 Å². The normalized spacial score (nSPS) is 10.4. The molecule has 0 N–H and O–H groups in total. The van der Waals surface area contributed by atoms with Crippen LogP contribution in [0.1, 0.15) is 21.8 Å². The van der Waals surface area contributed by atoms with Crippen molar-refractivity contribution < 1.29 is 23.5 Å². The average Bonchev–Trinajstić information content (AvgIpc) is 2.93. The third kappa shape index (κ3) is 3.83. The molecule has 0 unspecified atom stereocenters. The van der Waals surface area contributed by atoms with Gasteiger partial charge in [0.2, 0.25) is 0 Å². The van der Waals surface area contributed by atoms with Crippen molar-refractivity contribution in [2.75, 3.05) is 14.2 Å². The van der Waals surface area contributed by atoms with Crippen molar-refractivity contribution in [1.82, 2.24) is 5.16 Å². The van der Waals surface area contributed by atoms with Gasteiger partial charge < -0.3 is 18.7 Å². The van der Waals surface area contributed by atoms with Crippen molar-refractivity contribution in [2.24, 2.45) is 0 Å². The standard InChI is InChI=1S/C14H14BrNO5/c1-18-8-11-5-10(16-21-11)7-20-14-12(15)3-9(6-17)4-13(14)19-2/h3-6H,7-8H2,1-2H3. The summed E-state index contributed by atoms with van der Waals surface area (Å²) in [7, 11) is 3.09. The third-order valence-corrected chi connectivity index (χ3v) is 3.24. The molecule has 2 rings (SSSR count). The Bertz CT molecular complexity index is 626. The second-order valence-corrected chi connectivity index (χ2v) is 5.01. The first-order chi connectivity index (χ1) is 10.2. The van der Waals surface area contributed by atoms with Gasteiger partial charge in [0.05, 0.1) is 11.6 Å². The van der Waals surface area contributed by atoms with Crippen molar-refractivity contribution >= 4 is 22.2 Å². The highest BCUT2D eigenvalue weighted by atomic mass is 79.9. The van der Waals surface area contributed by atoms with Gasteiger partial charge in [0.15, 0.2) is 17.3 Å². The molecule has 112 valence electrons. The fraction of sp³-hybridized carbons (Fsp3) is 0.286. The molecule has 7 heteroatoms. The maximum absolute atomic E-state index is 10.8. The number of aromatic nitrogens is 1. The molecule has 0 radical (unpaired) electrons. The van der Waals surface area contributed by atoms with E-state index in [4.69, 9.17) is 18.7 Å². The Morgan fingerprint density at radius 1 is 1.29 bits per heavy atom. The SMILES string of the molecule is COCc1cc(COc2c(Br)cc(C=O)cc2OC)no1. The Morgan fingerprint density at radius 2 is 2.10 bits per heavy atom. The number of hydrogen-bond acceptors (Lipinski definition) is 6. The largest absolute Gasteiger partial charge is 0.493 e. The van der Waals surface area contributed by atoms with Crippen LogP contribution < -0.4 is 9.47 Å². The quantitative estimate of drug-likeness (QED) is 0.711. The highest BCUT2D eigenvalue weighted by Crippen LogP contribution is 2.36. The summed E-state index contributed by atoms with van der Waals surface area (Å²) in [5, 5.41) is 3.88. The molecule has 0 aliphatic carbocycles. The van der Waals surface area contributed by atoms with E-state index in [0.717, 1.165) is 6.29 Å². The predicted molar refractivity (Wildman–Crippen MR) is 77.6 cm³/mol. The molecule has 0 saturated heterocycles. The second kappa shape index (κ2) is 7.24. The summed E-state index contributed by atoms with van der Waals surface area (Å²) in [6, 6.07) is 5.01. The van der Waals surface area contributed by atoms with Crippen LogP contribution in [-0.2, 0) is 18.0 Å². The van der Waals surface area contributed by atoms with E-state index < -0.39 is 0 Å². The summed E-state index contributed by atoms with van der Waals surface area (Å²) >= 11 is 3.36. The van der Waals surface area contributed by atoms with Crippen molar-refractivity contribution in [3.05, 3.63) is 39.7 Å². The number of nitrogens with zero attached hydrogens (tertiary/aromatic N) is 1. The van der Waals surface area contributed by atoms with Gasteiger partial charge >= 0.3 is 0 Å².